The number of rotatable bonds is 2. The van der Waals surface area contributed by atoms with Crippen LogP contribution >= 0.6 is 12.4 Å². The molecule has 94 valence electrons. The highest BCUT2D eigenvalue weighted by atomic mass is 35.5. The first-order chi connectivity index (χ1) is 8.24. The second-order valence-electron chi connectivity index (χ2n) is 4.85. The lowest BCUT2D eigenvalue weighted by Crippen LogP contribution is -2.01. The van der Waals surface area contributed by atoms with Crippen molar-refractivity contribution in [3.63, 3.8) is 0 Å². The molecule has 1 aliphatic carbocycles. The number of aryl methyl sites for hydroxylation is 1. The Morgan fingerprint density at radius 3 is 2.56 bits per heavy atom. The highest BCUT2D eigenvalue weighted by Gasteiger charge is 2.34. The molecule has 1 fully saturated rings. The van der Waals surface area contributed by atoms with E-state index in [0.29, 0.717) is 12.0 Å². The Labute approximate surface area is 114 Å². The first-order valence-electron chi connectivity index (χ1n) is 6.02. The third kappa shape index (κ3) is 2.55. The van der Waals surface area contributed by atoms with Crippen LogP contribution in [0, 0.1) is 6.92 Å². The summed E-state index contributed by atoms with van der Waals surface area (Å²) in [7, 11) is 0. The molecule has 0 saturated heterocycles. The third-order valence-corrected chi connectivity index (χ3v) is 3.37. The Kier molecular flexibility index (Phi) is 3.69. The molecule has 2 atom stereocenters. The van der Waals surface area contributed by atoms with Crippen molar-refractivity contribution in [3.05, 3.63) is 53.7 Å². The molecule has 0 spiro atoms. The average Bonchev–Trinajstić information content (AvgIpc) is 3.07. The van der Waals surface area contributed by atoms with E-state index in [1.807, 2.05) is 6.20 Å². The molecule has 1 aromatic heterocycles. The third-order valence-electron chi connectivity index (χ3n) is 3.37. The van der Waals surface area contributed by atoms with Gasteiger partial charge in [-0.2, -0.15) is 0 Å². The van der Waals surface area contributed by atoms with Crippen LogP contribution in [-0.4, -0.2) is 11.0 Å². The van der Waals surface area contributed by atoms with E-state index in [2.05, 4.69) is 48.3 Å². The van der Waals surface area contributed by atoms with Gasteiger partial charge in [-0.05, 0) is 31.0 Å². The normalized spacial score (nSPS) is 21.2. The van der Waals surface area contributed by atoms with Gasteiger partial charge in [0.05, 0.1) is 5.69 Å². The van der Waals surface area contributed by atoms with Gasteiger partial charge in [0.2, 0.25) is 0 Å². The highest BCUT2D eigenvalue weighted by molar-refractivity contribution is 5.85. The summed E-state index contributed by atoms with van der Waals surface area (Å²) < 4.78 is 0. The molecule has 0 aliphatic heterocycles. The molecule has 2 nitrogen and oxygen atoms in total. The molecule has 0 bridgehead atoms. The molecule has 3 rings (SSSR count). The Hall–Kier alpha value is -1.38. The van der Waals surface area contributed by atoms with Gasteiger partial charge < -0.3 is 5.73 Å². The van der Waals surface area contributed by atoms with Crippen LogP contribution in [0.5, 0.6) is 0 Å². The maximum atomic E-state index is 5.84. The van der Waals surface area contributed by atoms with Crippen molar-refractivity contribution in [2.24, 2.45) is 5.73 Å². The Morgan fingerprint density at radius 2 is 2.00 bits per heavy atom. The largest absolute Gasteiger partial charge is 0.327 e. The molecule has 0 radical (unpaired) electrons. The second-order valence-corrected chi connectivity index (χ2v) is 4.85. The lowest BCUT2D eigenvalue weighted by atomic mass is 10.1. The summed E-state index contributed by atoms with van der Waals surface area (Å²) in [6, 6.07) is 13.0. The van der Waals surface area contributed by atoms with Crippen molar-refractivity contribution >= 4 is 12.4 Å². The zero-order valence-corrected chi connectivity index (χ0v) is 11.2. The van der Waals surface area contributed by atoms with Crippen LogP contribution in [0.2, 0.25) is 0 Å². The molecule has 2 aromatic rings. The predicted molar refractivity (Wildman–Crippen MR) is 77.0 cm³/mol. The minimum atomic E-state index is 0. The maximum Gasteiger partial charge on any atom is 0.0702 e. The lowest BCUT2D eigenvalue weighted by Gasteiger charge is -2.03. The second kappa shape index (κ2) is 5.09. The van der Waals surface area contributed by atoms with Crippen LogP contribution in [-0.2, 0) is 0 Å². The quantitative estimate of drug-likeness (QED) is 0.900. The average molecular weight is 261 g/mol. The summed E-state index contributed by atoms with van der Waals surface area (Å²) in [4.78, 5) is 4.53. The van der Waals surface area contributed by atoms with Crippen LogP contribution < -0.4 is 5.73 Å². The minimum Gasteiger partial charge on any atom is -0.327 e. The summed E-state index contributed by atoms with van der Waals surface area (Å²) in [5, 5.41) is 0. The van der Waals surface area contributed by atoms with Crippen LogP contribution in [0.25, 0.3) is 11.3 Å². The van der Waals surface area contributed by atoms with Gasteiger partial charge >= 0.3 is 0 Å². The number of hydrogen-bond donors (Lipinski definition) is 1. The maximum absolute atomic E-state index is 5.84. The Bertz CT molecular complexity index is 536. The van der Waals surface area contributed by atoms with Gasteiger partial charge in [0, 0.05) is 23.7 Å². The Morgan fingerprint density at radius 1 is 1.22 bits per heavy atom. The number of hydrogen-bond acceptors (Lipinski definition) is 2. The van der Waals surface area contributed by atoms with E-state index in [-0.39, 0.29) is 12.4 Å². The van der Waals surface area contributed by atoms with Crippen LogP contribution in [0.15, 0.2) is 42.6 Å². The SMILES string of the molecule is Cc1cccc(-c2ccc(C3CC3N)cn2)c1.Cl. The topological polar surface area (TPSA) is 38.9 Å². The van der Waals surface area contributed by atoms with E-state index < -0.39 is 0 Å². The van der Waals surface area contributed by atoms with Crippen molar-refractivity contribution in [1.29, 1.82) is 0 Å². The molecule has 2 unspecified atom stereocenters. The summed E-state index contributed by atoms with van der Waals surface area (Å²) in [5.41, 5.74) is 10.6. The summed E-state index contributed by atoms with van der Waals surface area (Å²) >= 11 is 0. The van der Waals surface area contributed by atoms with Gasteiger partial charge in [-0.1, -0.05) is 29.8 Å². The van der Waals surface area contributed by atoms with E-state index in [9.17, 15) is 0 Å². The van der Waals surface area contributed by atoms with E-state index in [4.69, 9.17) is 5.73 Å². The van der Waals surface area contributed by atoms with Crippen LogP contribution in [0.3, 0.4) is 0 Å². The van der Waals surface area contributed by atoms with Gasteiger partial charge in [0.1, 0.15) is 0 Å². The molecular weight excluding hydrogens is 244 g/mol. The fourth-order valence-electron chi connectivity index (χ4n) is 2.20. The zero-order valence-electron chi connectivity index (χ0n) is 10.3. The van der Waals surface area contributed by atoms with Gasteiger partial charge in [-0.25, -0.2) is 0 Å². The van der Waals surface area contributed by atoms with Crippen LogP contribution in [0.4, 0.5) is 0 Å². The Balaban J connectivity index is 0.00000120. The van der Waals surface area contributed by atoms with Crippen molar-refractivity contribution < 1.29 is 0 Å². The number of nitrogens with zero attached hydrogens (tertiary/aromatic N) is 1. The molecule has 3 heteroatoms. The number of pyridine rings is 1. The van der Waals surface area contributed by atoms with Crippen molar-refractivity contribution in [2.45, 2.75) is 25.3 Å². The number of aromatic nitrogens is 1. The van der Waals surface area contributed by atoms with E-state index in [1.165, 1.54) is 16.7 Å². The first-order valence-corrected chi connectivity index (χ1v) is 6.02. The lowest BCUT2D eigenvalue weighted by molar-refractivity contribution is 0.981. The van der Waals surface area contributed by atoms with E-state index >= 15 is 0 Å². The fraction of sp³-hybridized carbons (Fsp3) is 0.267. The molecule has 1 aromatic carbocycles. The van der Waals surface area contributed by atoms with Gasteiger partial charge in [-0.3, -0.25) is 4.98 Å². The molecule has 2 N–H and O–H groups in total. The molecule has 18 heavy (non-hydrogen) atoms. The molecular formula is C15H17ClN2. The number of nitrogens with two attached hydrogens (primary N) is 1. The molecule has 0 amide bonds. The van der Waals surface area contributed by atoms with Gasteiger partial charge in [0.25, 0.3) is 0 Å². The van der Waals surface area contributed by atoms with Crippen molar-refractivity contribution in [1.82, 2.24) is 4.98 Å². The minimum absolute atomic E-state index is 0. The fourth-order valence-corrected chi connectivity index (χ4v) is 2.20. The standard InChI is InChI=1S/C15H16N2.ClH/c1-10-3-2-4-11(7-10)15-6-5-12(9-17-15)13-8-14(13)16;/h2-7,9,13-14H,8,16H2,1H3;1H. The zero-order chi connectivity index (χ0) is 11.8. The smallest absolute Gasteiger partial charge is 0.0702 e. The van der Waals surface area contributed by atoms with Crippen LogP contribution in [0.1, 0.15) is 23.5 Å². The summed E-state index contributed by atoms with van der Waals surface area (Å²) in [6.07, 6.45) is 3.07. The van der Waals surface area contributed by atoms with Crippen molar-refractivity contribution in [3.8, 4) is 11.3 Å². The highest BCUT2D eigenvalue weighted by Crippen LogP contribution is 2.38. The van der Waals surface area contributed by atoms with E-state index in [0.717, 1.165) is 12.1 Å². The van der Waals surface area contributed by atoms with Gasteiger partial charge in [0.15, 0.2) is 0 Å². The number of halogens is 1. The van der Waals surface area contributed by atoms with Crippen molar-refractivity contribution in [2.75, 3.05) is 0 Å². The molecule has 1 heterocycles. The molecule has 1 saturated carbocycles. The number of benzene rings is 1. The predicted octanol–water partition coefficient (Wildman–Crippen LogP) is 3.29. The summed E-state index contributed by atoms with van der Waals surface area (Å²) in [6.45, 7) is 2.10. The first kappa shape index (κ1) is 13.1. The summed E-state index contributed by atoms with van der Waals surface area (Å²) in [5.74, 6) is 0.536. The van der Waals surface area contributed by atoms with E-state index in [1.54, 1.807) is 0 Å². The monoisotopic (exact) mass is 260 g/mol. The molecule has 1 aliphatic rings. The van der Waals surface area contributed by atoms with Gasteiger partial charge in [-0.15, -0.1) is 12.4 Å².